The Kier molecular flexibility index (Phi) is 2.63. The quantitative estimate of drug-likeness (QED) is 0.722. The van der Waals surface area contributed by atoms with Gasteiger partial charge in [0.15, 0.2) is 0 Å². The first kappa shape index (κ1) is 9.40. The molecule has 1 heterocycles. The molecule has 0 aliphatic carbocycles. The Morgan fingerprint density at radius 2 is 2.00 bits per heavy atom. The topological polar surface area (TPSA) is 38.7 Å². The Bertz CT molecular complexity index is 384. The summed E-state index contributed by atoms with van der Waals surface area (Å²) in [7, 11) is 0. The van der Waals surface area contributed by atoms with Gasteiger partial charge in [-0.25, -0.2) is 0 Å². The van der Waals surface area contributed by atoms with E-state index in [1.54, 1.807) is 0 Å². The molecule has 0 bridgehead atoms. The third-order valence-corrected chi connectivity index (χ3v) is 2.39. The minimum absolute atomic E-state index is 0.194. The second-order valence-electron chi connectivity index (χ2n) is 2.99. The molecule has 0 aromatic heterocycles. The number of hydrogen-bond acceptors (Lipinski definition) is 3. The van der Waals surface area contributed by atoms with Gasteiger partial charge >= 0.3 is 5.97 Å². The molecule has 1 aromatic carbocycles. The van der Waals surface area contributed by atoms with Gasteiger partial charge in [0.2, 0.25) is 0 Å². The van der Waals surface area contributed by atoms with Crippen molar-refractivity contribution >= 4 is 33.3 Å². The van der Waals surface area contributed by atoms with Crippen molar-refractivity contribution in [2.75, 3.05) is 6.61 Å². The van der Waals surface area contributed by atoms with Gasteiger partial charge in [-0.15, -0.1) is 0 Å². The van der Waals surface area contributed by atoms with Gasteiger partial charge in [-0.05, 0) is 24.3 Å². The van der Waals surface area contributed by atoms with E-state index in [4.69, 9.17) is 4.74 Å². The smallest absolute Gasteiger partial charge is 0.312 e. The molecule has 0 N–H and O–H groups in total. The van der Waals surface area contributed by atoms with Crippen LogP contribution in [0.25, 0.3) is 0 Å². The SMILES string of the molecule is O=C1CC(=Nc2ccc(Br)cc2)CO1. The number of esters is 1. The van der Waals surface area contributed by atoms with Crippen LogP contribution in [0.3, 0.4) is 0 Å². The fourth-order valence-corrected chi connectivity index (χ4v) is 1.47. The number of rotatable bonds is 1. The van der Waals surface area contributed by atoms with E-state index in [9.17, 15) is 4.79 Å². The van der Waals surface area contributed by atoms with Crippen molar-refractivity contribution in [3.63, 3.8) is 0 Å². The third-order valence-electron chi connectivity index (χ3n) is 1.86. The molecule has 0 atom stereocenters. The lowest BCUT2D eigenvalue weighted by molar-refractivity contribution is -0.137. The monoisotopic (exact) mass is 253 g/mol. The standard InChI is InChI=1S/C10H8BrNO2/c11-7-1-3-8(4-2-7)12-9-5-10(13)14-6-9/h1-4H,5-6H2. The van der Waals surface area contributed by atoms with Crippen molar-refractivity contribution in [2.24, 2.45) is 4.99 Å². The van der Waals surface area contributed by atoms with Crippen molar-refractivity contribution in [3.05, 3.63) is 28.7 Å². The summed E-state index contributed by atoms with van der Waals surface area (Å²) < 4.78 is 5.80. The van der Waals surface area contributed by atoms with E-state index in [1.807, 2.05) is 24.3 Å². The highest BCUT2D eigenvalue weighted by molar-refractivity contribution is 9.10. The summed E-state index contributed by atoms with van der Waals surface area (Å²) in [5, 5.41) is 0. The van der Waals surface area contributed by atoms with Crippen molar-refractivity contribution in [1.29, 1.82) is 0 Å². The zero-order valence-electron chi connectivity index (χ0n) is 7.37. The molecular formula is C10H8BrNO2. The first-order chi connectivity index (χ1) is 6.74. The molecule has 4 heteroatoms. The van der Waals surface area contributed by atoms with Crippen LogP contribution in [-0.2, 0) is 9.53 Å². The molecule has 0 unspecified atom stereocenters. The second-order valence-corrected chi connectivity index (χ2v) is 3.91. The van der Waals surface area contributed by atoms with Gasteiger partial charge in [0, 0.05) is 4.47 Å². The van der Waals surface area contributed by atoms with E-state index in [0.29, 0.717) is 13.0 Å². The maximum Gasteiger partial charge on any atom is 0.312 e. The maximum absolute atomic E-state index is 10.8. The fourth-order valence-electron chi connectivity index (χ4n) is 1.20. The summed E-state index contributed by atoms with van der Waals surface area (Å²) in [4.78, 5) is 15.1. The van der Waals surface area contributed by atoms with Crippen LogP contribution >= 0.6 is 15.9 Å². The van der Waals surface area contributed by atoms with Crippen LogP contribution in [0.1, 0.15) is 6.42 Å². The zero-order chi connectivity index (χ0) is 9.97. The van der Waals surface area contributed by atoms with Crippen molar-refractivity contribution in [3.8, 4) is 0 Å². The summed E-state index contributed by atoms with van der Waals surface area (Å²) in [6.45, 7) is 0.328. The lowest BCUT2D eigenvalue weighted by Crippen LogP contribution is -1.94. The highest BCUT2D eigenvalue weighted by Gasteiger charge is 2.17. The number of aliphatic imine (C=N–C) groups is 1. The van der Waals surface area contributed by atoms with Crippen LogP contribution < -0.4 is 0 Å². The van der Waals surface area contributed by atoms with Crippen LogP contribution in [0.4, 0.5) is 5.69 Å². The van der Waals surface area contributed by atoms with Crippen LogP contribution in [-0.4, -0.2) is 18.3 Å². The molecule has 1 fully saturated rings. The molecule has 3 nitrogen and oxygen atoms in total. The van der Waals surface area contributed by atoms with Crippen LogP contribution in [0.15, 0.2) is 33.7 Å². The minimum atomic E-state index is -0.194. The predicted molar refractivity (Wildman–Crippen MR) is 56.8 cm³/mol. The minimum Gasteiger partial charge on any atom is -0.459 e. The Balaban J connectivity index is 2.17. The highest BCUT2D eigenvalue weighted by atomic mass is 79.9. The number of halogens is 1. The maximum atomic E-state index is 10.8. The van der Waals surface area contributed by atoms with Gasteiger partial charge in [-0.1, -0.05) is 15.9 Å². The molecule has 1 aromatic rings. The highest BCUT2D eigenvalue weighted by Crippen LogP contribution is 2.18. The summed E-state index contributed by atoms with van der Waals surface area (Å²) in [5.74, 6) is -0.194. The van der Waals surface area contributed by atoms with Crippen LogP contribution in [0, 0.1) is 0 Å². The Labute approximate surface area is 89.9 Å². The normalized spacial score (nSPS) is 18.6. The molecule has 0 spiro atoms. The third kappa shape index (κ3) is 2.20. The van der Waals surface area contributed by atoms with E-state index < -0.39 is 0 Å². The molecule has 1 aliphatic heterocycles. The van der Waals surface area contributed by atoms with Gasteiger partial charge in [0.05, 0.1) is 17.8 Å². The van der Waals surface area contributed by atoms with Crippen LogP contribution in [0.5, 0.6) is 0 Å². The Hall–Kier alpha value is -1.16. The number of carbonyl (C=O) groups excluding carboxylic acids is 1. The molecule has 0 radical (unpaired) electrons. The number of hydrogen-bond donors (Lipinski definition) is 0. The van der Waals surface area contributed by atoms with E-state index in [1.165, 1.54) is 0 Å². The summed E-state index contributed by atoms with van der Waals surface area (Å²) in [5.41, 5.74) is 1.64. The number of benzene rings is 1. The number of nitrogens with zero attached hydrogens (tertiary/aromatic N) is 1. The fraction of sp³-hybridized carbons (Fsp3) is 0.200. The first-order valence-corrected chi connectivity index (χ1v) is 5.01. The van der Waals surface area contributed by atoms with Gasteiger partial charge in [0.1, 0.15) is 6.61 Å². The zero-order valence-corrected chi connectivity index (χ0v) is 8.95. The molecule has 0 amide bonds. The number of carbonyl (C=O) groups is 1. The molecule has 1 saturated heterocycles. The summed E-state index contributed by atoms with van der Waals surface area (Å²) in [6, 6.07) is 7.60. The predicted octanol–water partition coefficient (Wildman–Crippen LogP) is 2.47. The molecule has 1 aliphatic rings. The van der Waals surface area contributed by atoms with Crippen LogP contribution in [0.2, 0.25) is 0 Å². The van der Waals surface area contributed by atoms with E-state index >= 15 is 0 Å². The second kappa shape index (κ2) is 3.92. The molecule has 72 valence electrons. The average molecular weight is 254 g/mol. The molecular weight excluding hydrogens is 246 g/mol. The van der Waals surface area contributed by atoms with E-state index in [0.717, 1.165) is 15.9 Å². The Morgan fingerprint density at radius 3 is 2.57 bits per heavy atom. The van der Waals surface area contributed by atoms with Gasteiger partial charge in [-0.2, -0.15) is 0 Å². The largest absolute Gasteiger partial charge is 0.459 e. The molecule has 2 rings (SSSR count). The first-order valence-electron chi connectivity index (χ1n) is 4.22. The lowest BCUT2D eigenvalue weighted by atomic mass is 10.3. The summed E-state index contributed by atoms with van der Waals surface area (Å²) >= 11 is 3.34. The van der Waals surface area contributed by atoms with Gasteiger partial charge in [-0.3, -0.25) is 9.79 Å². The van der Waals surface area contributed by atoms with Gasteiger partial charge < -0.3 is 4.74 Å². The van der Waals surface area contributed by atoms with Crippen molar-refractivity contribution in [1.82, 2.24) is 0 Å². The van der Waals surface area contributed by atoms with E-state index in [2.05, 4.69) is 20.9 Å². The number of ether oxygens (including phenoxy) is 1. The number of cyclic esters (lactones) is 1. The lowest BCUT2D eigenvalue weighted by Gasteiger charge is -1.95. The Morgan fingerprint density at radius 1 is 1.29 bits per heavy atom. The summed E-state index contributed by atoms with van der Waals surface area (Å²) in [6.07, 6.45) is 0.316. The molecule has 0 saturated carbocycles. The van der Waals surface area contributed by atoms with Crippen molar-refractivity contribution < 1.29 is 9.53 Å². The van der Waals surface area contributed by atoms with Crippen molar-refractivity contribution in [2.45, 2.75) is 6.42 Å². The van der Waals surface area contributed by atoms with Gasteiger partial charge in [0.25, 0.3) is 0 Å². The van der Waals surface area contributed by atoms with E-state index in [-0.39, 0.29) is 5.97 Å². The molecule has 14 heavy (non-hydrogen) atoms. The average Bonchev–Trinajstić information content (AvgIpc) is 2.56.